The molecule has 118 valence electrons. The Balaban J connectivity index is 0. The largest absolute Gasteiger partial charge is 0.207 e. The predicted molar refractivity (Wildman–Crippen MR) is 84.9 cm³/mol. The van der Waals surface area contributed by atoms with E-state index in [1.165, 1.54) is 31.2 Å². The Kier molecular flexibility index (Phi) is 13.6. The standard InChI is InChI=1S/C7H6F2.C7H7F.2C2H6/c1-5-6(8)3-2-4-7(5)9;1-6-4-2-3-5-7(6)8;2*1-2/h2-4H,1H3;2-5H,1H3;2*1-2H3. The summed E-state index contributed by atoms with van der Waals surface area (Å²) in [7, 11) is 0. The van der Waals surface area contributed by atoms with Crippen molar-refractivity contribution in [3.8, 4) is 0 Å². The maximum Gasteiger partial charge on any atom is 0.129 e. The van der Waals surface area contributed by atoms with Crippen LogP contribution in [0.25, 0.3) is 0 Å². The summed E-state index contributed by atoms with van der Waals surface area (Å²) in [5.74, 6) is -1.11. The molecule has 0 aliphatic carbocycles. The zero-order valence-corrected chi connectivity index (χ0v) is 13.7. The van der Waals surface area contributed by atoms with Crippen LogP contribution in [0.2, 0.25) is 0 Å². The molecule has 0 aliphatic rings. The molecule has 0 heterocycles. The topological polar surface area (TPSA) is 0 Å². The molecular weight excluding hydrogens is 273 g/mol. The second-order valence-corrected chi connectivity index (χ2v) is 3.60. The fourth-order valence-corrected chi connectivity index (χ4v) is 1.13. The zero-order chi connectivity index (χ0) is 16.8. The molecule has 0 nitrogen and oxygen atoms in total. The molecule has 0 aromatic heterocycles. The van der Waals surface area contributed by atoms with Crippen molar-refractivity contribution in [3.63, 3.8) is 0 Å². The lowest BCUT2D eigenvalue weighted by Gasteiger charge is -1.94. The summed E-state index contributed by atoms with van der Waals surface area (Å²) in [6, 6.07) is 10.5. The monoisotopic (exact) mass is 298 g/mol. The maximum atomic E-state index is 12.3. The number of rotatable bonds is 0. The average molecular weight is 298 g/mol. The van der Waals surface area contributed by atoms with E-state index in [4.69, 9.17) is 0 Å². The van der Waals surface area contributed by atoms with Crippen LogP contribution in [-0.2, 0) is 0 Å². The molecule has 2 aromatic carbocycles. The number of hydrogen-bond acceptors (Lipinski definition) is 0. The number of hydrogen-bond donors (Lipinski definition) is 0. The van der Waals surface area contributed by atoms with Gasteiger partial charge < -0.3 is 0 Å². The highest BCUT2D eigenvalue weighted by Crippen LogP contribution is 2.08. The van der Waals surface area contributed by atoms with Gasteiger partial charge in [0.15, 0.2) is 0 Å². The summed E-state index contributed by atoms with van der Waals surface area (Å²) < 4.78 is 37.0. The molecule has 2 aromatic rings. The second-order valence-electron chi connectivity index (χ2n) is 3.60. The van der Waals surface area contributed by atoms with Gasteiger partial charge in [-0.3, -0.25) is 0 Å². The highest BCUT2D eigenvalue weighted by atomic mass is 19.1. The highest BCUT2D eigenvalue weighted by molar-refractivity contribution is 5.17. The van der Waals surface area contributed by atoms with Crippen molar-refractivity contribution in [1.82, 2.24) is 0 Å². The van der Waals surface area contributed by atoms with E-state index < -0.39 is 11.6 Å². The van der Waals surface area contributed by atoms with Gasteiger partial charge in [-0.05, 0) is 37.6 Å². The van der Waals surface area contributed by atoms with Crippen LogP contribution in [0.3, 0.4) is 0 Å². The van der Waals surface area contributed by atoms with Crippen LogP contribution < -0.4 is 0 Å². The van der Waals surface area contributed by atoms with Crippen LogP contribution in [-0.4, -0.2) is 0 Å². The SMILES string of the molecule is CC.CC.Cc1c(F)cccc1F.Cc1ccccc1F. The van der Waals surface area contributed by atoms with Gasteiger partial charge in [0.05, 0.1) is 0 Å². The van der Waals surface area contributed by atoms with E-state index in [1.807, 2.05) is 33.8 Å². The van der Waals surface area contributed by atoms with E-state index >= 15 is 0 Å². The van der Waals surface area contributed by atoms with Crippen LogP contribution in [0.5, 0.6) is 0 Å². The molecule has 0 aliphatic heterocycles. The van der Waals surface area contributed by atoms with Gasteiger partial charge >= 0.3 is 0 Å². The van der Waals surface area contributed by atoms with Gasteiger partial charge in [0.1, 0.15) is 17.5 Å². The Hall–Kier alpha value is -1.77. The summed E-state index contributed by atoms with van der Waals surface area (Å²) >= 11 is 0. The van der Waals surface area contributed by atoms with Crippen LogP contribution in [0.1, 0.15) is 38.8 Å². The van der Waals surface area contributed by atoms with Gasteiger partial charge in [-0.25, -0.2) is 13.2 Å². The van der Waals surface area contributed by atoms with Crippen LogP contribution in [0.4, 0.5) is 13.2 Å². The van der Waals surface area contributed by atoms with Gasteiger partial charge in [-0.15, -0.1) is 0 Å². The first-order valence-corrected chi connectivity index (χ1v) is 7.14. The van der Waals surface area contributed by atoms with Crippen molar-refractivity contribution >= 4 is 0 Å². The summed E-state index contributed by atoms with van der Waals surface area (Å²) in [4.78, 5) is 0. The van der Waals surface area contributed by atoms with Gasteiger partial charge in [-0.1, -0.05) is 52.0 Å². The van der Waals surface area contributed by atoms with E-state index in [0.717, 1.165) is 0 Å². The van der Waals surface area contributed by atoms with Crippen molar-refractivity contribution in [2.24, 2.45) is 0 Å². The molecule has 0 saturated carbocycles. The molecule has 0 bridgehead atoms. The Morgan fingerprint density at radius 2 is 0.952 bits per heavy atom. The Morgan fingerprint density at radius 1 is 0.571 bits per heavy atom. The summed E-state index contributed by atoms with van der Waals surface area (Å²) in [5.41, 5.74) is 0.782. The third-order valence-corrected chi connectivity index (χ3v) is 2.28. The average Bonchev–Trinajstić information content (AvgIpc) is 2.52. The van der Waals surface area contributed by atoms with Crippen LogP contribution >= 0.6 is 0 Å². The van der Waals surface area contributed by atoms with E-state index in [9.17, 15) is 13.2 Å². The summed E-state index contributed by atoms with van der Waals surface area (Å²) in [5, 5.41) is 0. The highest BCUT2D eigenvalue weighted by Gasteiger charge is 1.99. The normalized spacial score (nSPS) is 8.24. The maximum absolute atomic E-state index is 12.3. The van der Waals surface area contributed by atoms with E-state index in [0.29, 0.717) is 5.56 Å². The fraction of sp³-hybridized carbons (Fsp3) is 0.333. The molecule has 0 N–H and O–H groups in total. The molecule has 0 atom stereocenters. The van der Waals surface area contributed by atoms with Crippen molar-refractivity contribution < 1.29 is 13.2 Å². The Morgan fingerprint density at radius 3 is 1.24 bits per heavy atom. The number of benzene rings is 2. The molecule has 0 fully saturated rings. The van der Waals surface area contributed by atoms with Gasteiger partial charge in [0, 0.05) is 5.56 Å². The van der Waals surface area contributed by atoms with Crippen LogP contribution in [0.15, 0.2) is 42.5 Å². The first kappa shape index (κ1) is 21.5. The van der Waals surface area contributed by atoms with E-state index in [-0.39, 0.29) is 11.4 Å². The quantitative estimate of drug-likeness (QED) is 0.523. The number of aryl methyl sites for hydroxylation is 1. The Bertz CT molecular complexity index is 452. The molecule has 0 radical (unpaired) electrons. The summed E-state index contributed by atoms with van der Waals surface area (Å²) in [6.07, 6.45) is 0. The van der Waals surface area contributed by atoms with E-state index in [1.54, 1.807) is 19.1 Å². The lowest BCUT2D eigenvalue weighted by atomic mass is 10.2. The minimum atomic E-state index is -0.491. The smallest absolute Gasteiger partial charge is 0.129 e. The molecule has 21 heavy (non-hydrogen) atoms. The molecule has 0 saturated heterocycles. The second kappa shape index (κ2) is 13.2. The summed E-state index contributed by atoms with van der Waals surface area (Å²) in [6.45, 7) is 11.2. The third-order valence-electron chi connectivity index (χ3n) is 2.28. The first-order chi connectivity index (χ1) is 10.0. The molecule has 0 spiro atoms. The lowest BCUT2D eigenvalue weighted by Crippen LogP contribution is -1.85. The van der Waals surface area contributed by atoms with Gasteiger partial charge in [0.2, 0.25) is 0 Å². The molecular formula is C18H25F3. The van der Waals surface area contributed by atoms with Crippen molar-refractivity contribution in [2.45, 2.75) is 41.5 Å². The minimum absolute atomic E-state index is 0.0810. The van der Waals surface area contributed by atoms with Crippen molar-refractivity contribution in [2.75, 3.05) is 0 Å². The number of halogens is 3. The predicted octanol–water partition coefficient (Wildman–Crippen LogP) is 6.46. The first-order valence-electron chi connectivity index (χ1n) is 7.14. The lowest BCUT2D eigenvalue weighted by molar-refractivity contribution is 0.568. The Labute approximate surface area is 126 Å². The fourth-order valence-electron chi connectivity index (χ4n) is 1.13. The molecule has 2 rings (SSSR count). The minimum Gasteiger partial charge on any atom is -0.207 e. The molecule has 3 heteroatoms. The zero-order valence-electron chi connectivity index (χ0n) is 13.7. The third kappa shape index (κ3) is 8.90. The van der Waals surface area contributed by atoms with Crippen molar-refractivity contribution in [3.05, 3.63) is 71.0 Å². The van der Waals surface area contributed by atoms with Gasteiger partial charge in [-0.2, -0.15) is 0 Å². The molecule has 0 unspecified atom stereocenters. The van der Waals surface area contributed by atoms with Crippen molar-refractivity contribution in [1.29, 1.82) is 0 Å². The van der Waals surface area contributed by atoms with E-state index in [2.05, 4.69) is 0 Å². The van der Waals surface area contributed by atoms with Crippen LogP contribution in [0, 0.1) is 31.3 Å². The van der Waals surface area contributed by atoms with Gasteiger partial charge in [0.25, 0.3) is 0 Å². The molecule has 0 amide bonds.